The molecule has 1 aromatic carbocycles. The Morgan fingerprint density at radius 1 is 1.11 bits per heavy atom. The summed E-state index contributed by atoms with van der Waals surface area (Å²) in [4.78, 5) is 4.49. The van der Waals surface area contributed by atoms with Crippen LogP contribution in [0.4, 0.5) is 0 Å². The molecule has 0 fully saturated rings. The molecule has 1 aliphatic rings. The molecule has 0 bridgehead atoms. The Bertz CT molecular complexity index is 524. The highest BCUT2D eigenvalue weighted by Crippen LogP contribution is 2.38. The average Bonchev–Trinajstić information content (AvgIpc) is 2.47. The number of aromatic nitrogens is 1. The molecular formula is C16H17NO. The first kappa shape index (κ1) is 11.4. The molecule has 2 nitrogen and oxygen atoms in total. The van der Waals surface area contributed by atoms with Gasteiger partial charge in [0.05, 0.1) is 6.10 Å². The van der Waals surface area contributed by atoms with Crippen molar-refractivity contribution in [2.24, 2.45) is 0 Å². The minimum absolute atomic E-state index is 0.136. The van der Waals surface area contributed by atoms with Gasteiger partial charge < -0.3 is 5.11 Å². The van der Waals surface area contributed by atoms with E-state index in [1.54, 1.807) is 0 Å². The Morgan fingerprint density at radius 2 is 1.94 bits per heavy atom. The number of hydrogen-bond acceptors (Lipinski definition) is 2. The summed E-state index contributed by atoms with van der Waals surface area (Å²) >= 11 is 0. The zero-order chi connectivity index (χ0) is 12.4. The van der Waals surface area contributed by atoms with Crippen molar-refractivity contribution in [2.45, 2.75) is 31.3 Å². The predicted octanol–water partition coefficient (Wildman–Crippen LogP) is 3.24. The molecule has 1 heterocycles. The van der Waals surface area contributed by atoms with E-state index in [9.17, 15) is 5.11 Å². The summed E-state index contributed by atoms with van der Waals surface area (Å²) in [5, 5.41) is 10.6. The van der Waals surface area contributed by atoms with E-state index >= 15 is 0 Å². The van der Waals surface area contributed by atoms with Crippen LogP contribution in [-0.2, 0) is 6.42 Å². The normalized spacial score (nSPS) is 20.2. The number of rotatable bonds is 2. The zero-order valence-corrected chi connectivity index (χ0v) is 10.3. The molecular weight excluding hydrogens is 222 g/mol. The molecule has 2 aromatic rings. The third-order valence-corrected chi connectivity index (χ3v) is 3.76. The molecule has 0 radical (unpaired) electrons. The standard InChI is InChI=1S/C16H17NO/c18-16(13-6-2-1-3-7-13)14-10-4-8-12-9-5-11-17-15(12)14/h1-3,5-7,9,11,14,16,18H,4,8,10H2. The van der Waals surface area contributed by atoms with Crippen LogP contribution in [0.2, 0.25) is 0 Å². The van der Waals surface area contributed by atoms with E-state index in [1.165, 1.54) is 5.56 Å². The van der Waals surface area contributed by atoms with Crippen LogP contribution in [0.25, 0.3) is 0 Å². The first-order valence-electron chi connectivity index (χ1n) is 6.53. The number of nitrogens with zero attached hydrogens (tertiary/aromatic N) is 1. The van der Waals surface area contributed by atoms with Gasteiger partial charge in [-0.3, -0.25) is 4.98 Å². The largest absolute Gasteiger partial charge is 0.388 e. The molecule has 3 rings (SSSR count). The van der Waals surface area contributed by atoms with Crippen LogP contribution in [0.15, 0.2) is 48.7 Å². The lowest BCUT2D eigenvalue weighted by molar-refractivity contribution is 0.134. The van der Waals surface area contributed by atoms with Crippen LogP contribution in [0.3, 0.4) is 0 Å². The van der Waals surface area contributed by atoms with Crippen LogP contribution >= 0.6 is 0 Å². The molecule has 2 heteroatoms. The van der Waals surface area contributed by atoms with Gasteiger partial charge in [-0.15, -0.1) is 0 Å². The second-order valence-electron chi connectivity index (χ2n) is 4.90. The van der Waals surface area contributed by atoms with Crippen LogP contribution in [0.1, 0.15) is 41.7 Å². The fourth-order valence-electron chi connectivity index (χ4n) is 2.84. The van der Waals surface area contributed by atoms with Crippen molar-refractivity contribution in [1.29, 1.82) is 0 Å². The first-order chi connectivity index (χ1) is 8.86. The maximum Gasteiger partial charge on any atom is 0.0873 e. The number of aryl methyl sites for hydroxylation is 1. The van der Waals surface area contributed by atoms with Crippen LogP contribution < -0.4 is 0 Å². The fraction of sp³-hybridized carbons (Fsp3) is 0.312. The van der Waals surface area contributed by atoms with Crippen molar-refractivity contribution in [3.63, 3.8) is 0 Å². The Balaban J connectivity index is 1.94. The molecule has 0 spiro atoms. The Kier molecular flexibility index (Phi) is 3.11. The van der Waals surface area contributed by atoms with Crippen molar-refractivity contribution in [3.8, 4) is 0 Å². The lowest BCUT2D eigenvalue weighted by Gasteiger charge is -2.28. The Labute approximate surface area is 107 Å². The summed E-state index contributed by atoms with van der Waals surface area (Å²) in [5.74, 6) is 0.136. The van der Waals surface area contributed by atoms with Crippen LogP contribution in [0.5, 0.6) is 0 Å². The molecule has 2 unspecified atom stereocenters. The second-order valence-corrected chi connectivity index (χ2v) is 4.90. The molecule has 92 valence electrons. The monoisotopic (exact) mass is 239 g/mol. The molecule has 1 aliphatic carbocycles. The Morgan fingerprint density at radius 3 is 2.78 bits per heavy atom. The van der Waals surface area contributed by atoms with Gasteiger partial charge in [-0.2, -0.15) is 0 Å². The number of aliphatic hydroxyl groups is 1. The second kappa shape index (κ2) is 4.91. The molecule has 0 amide bonds. The van der Waals surface area contributed by atoms with Crippen molar-refractivity contribution < 1.29 is 5.11 Å². The van der Waals surface area contributed by atoms with Crippen molar-refractivity contribution in [1.82, 2.24) is 4.98 Å². The van der Waals surface area contributed by atoms with Gasteiger partial charge in [-0.05, 0) is 36.5 Å². The molecule has 2 atom stereocenters. The van der Waals surface area contributed by atoms with Crippen molar-refractivity contribution in [2.75, 3.05) is 0 Å². The maximum absolute atomic E-state index is 10.6. The summed E-state index contributed by atoms with van der Waals surface area (Å²) in [7, 11) is 0. The summed E-state index contributed by atoms with van der Waals surface area (Å²) in [6, 6.07) is 14.0. The van der Waals surface area contributed by atoms with E-state index in [0.29, 0.717) is 0 Å². The van der Waals surface area contributed by atoms with Gasteiger partial charge in [0.2, 0.25) is 0 Å². The zero-order valence-electron chi connectivity index (χ0n) is 10.3. The van der Waals surface area contributed by atoms with Gasteiger partial charge in [-0.1, -0.05) is 36.4 Å². The van der Waals surface area contributed by atoms with Gasteiger partial charge in [0.1, 0.15) is 0 Å². The molecule has 0 aliphatic heterocycles. The van der Waals surface area contributed by atoms with Crippen molar-refractivity contribution >= 4 is 0 Å². The van der Waals surface area contributed by atoms with Gasteiger partial charge in [0, 0.05) is 17.8 Å². The van der Waals surface area contributed by atoms with E-state index in [0.717, 1.165) is 30.5 Å². The number of fused-ring (bicyclic) bond motifs is 1. The van der Waals surface area contributed by atoms with Gasteiger partial charge in [-0.25, -0.2) is 0 Å². The van der Waals surface area contributed by atoms with Gasteiger partial charge in [0.15, 0.2) is 0 Å². The van der Waals surface area contributed by atoms with E-state index in [2.05, 4.69) is 11.1 Å². The van der Waals surface area contributed by atoms with E-state index in [1.807, 2.05) is 42.6 Å². The predicted molar refractivity (Wildman–Crippen MR) is 71.3 cm³/mol. The number of pyridine rings is 1. The maximum atomic E-state index is 10.6. The minimum atomic E-state index is -0.444. The number of aliphatic hydroxyl groups excluding tert-OH is 1. The smallest absolute Gasteiger partial charge is 0.0873 e. The lowest BCUT2D eigenvalue weighted by atomic mass is 9.81. The van der Waals surface area contributed by atoms with E-state index in [4.69, 9.17) is 0 Å². The minimum Gasteiger partial charge on any atom is -0.388 e. The highest BCUT2D eigenvalue weighted by molar-refractivity contribution is 5.30. The summed E-state index contributed by atoms with van der Waals surface area (Å²) < 4.78 is 0. The van der Waals surface area contributed by atoms with Crippen LogP contribution in [0, 0.1) is 0 Å². The molecule has 1 N–H and O–H groups in total. The highest BCUT2D eigenvalue weighted by atomic mass is 16.3. The van der Waals surface area contributed by atoms with Gasteiger partial charge in [0.25, 0.3) is 0 Å². The third-order valence-electron chi connectivity index (χ3n) is 3.76. The first-order valence-corrected chi connectivity index (χ1v) is 6.53. The molecule has 1 aromatic heterocycles. The molecule has 18 heavy (non-hydrogen) atoms. The number of hydrogen-bond donors (Lipinski definition) is 1. The Hall–Kier alpha value is -1.67. The molecule has 0 saturated carbocycles. The van der Waals surface area contributed by atoms with Gasteiger partial charge >= 0.3 is 0 Å². The van der Waals surface area contributed by atoms with Crippen LogP contribution in [-0.4, -0.2) is 10.1 Å². The summed E-state index contributed by atoms with van der Waals surface area (Å²) in [5.41, 5.74) is 3.37. The fourth-order valence-corrected chi connectivity index (χ4v) is 2.84. The molecule has 0 saturated heterocycles. The number of benzene rings is 1. The highest BCUT2D eigenvalue weighted by Gasteiger charge is 2.28. The third kappa shape index (κ3) is 2.04. The quantitative estimate of drug-likeness (QED) is 0.872. The average molecular weight is 239 g/mol. The SMILES string of the molecule is OC(c1ccccc1)C1CCCc2cccnc21. The lowest BCUT2D eigenvalue weighted by Crippen LogP contribution is -2.18. The van der Waals surface area contributed by atoms with E-state index in [-0.39, 0.29) is 5.92 Å². The van der Waals surface area contributed by atoms with E-state index < -0.39 is 6.10 Å². The van der Waals surface area contributed by atoms with Crippen molar-refractivity contribution in [3.05, 3.63) is 65.5 Å². The summed E-state index contributed by atoms with van der Waals surface area (Å²) in [6.07, 6.45) is 4.61. The summed E-state index contributed by atoms with van der Waals surface area (Å²) in [6.45, 7) is 0. The topological polar surface area (TPSA) is 33.1 Å².